The molecule has 0 saturated heterocycles. The SMILES string of the molecule is CCC(C)(CC)n1nnnc1SCC(=O)O. The molecule has 0 aromatic carbocycles. The van der Waals surface area contributed by atoms with Gasteiger partial charge in [0.25, 0.3) is 0 Å². The van der Waals surface area contributed by atoms with Crippen LogP contribution in [0.5, 0.6) is 0 Å². The summed E-state index contributed by atoms with van der Waals surface area (Å²) >= 11 is 1.15. The number of thioether (sulfide) groups is 1. The number of tetrazole rings is 1. The maximum atomic E-state index is 10.5. The molecule has 1 heterocycles. The molecule has 16 heavy (non-hydrogen) atoms. The molecule has 0 atom stereocenters. The van der Waals surface area contributed by atoms with Crippen LogP contribution < -0.4 is 0 Å². The number of carboxylic acid groups (broad SMARTS) is 1. The Morgan fingerprint density at radius 3 is 2.62 bits per heavy atom. The topological polar surface area (TPSA) is 80.9 Å². The van der Waals surface area contributed by atoms with Crippen LogP contribution in [0.4, 0.5) is 0 Å². The second-order valence-corrected chi connectivity index (χ2v) is 4.70. The highest BCUT2D eigenvalue weighted by Crippen LogP contribution is 2.27. The van der Waals surface area contributed by atoms with Crippen LogP contribution in [0.1, 0.15) is 33.6 Å². The lowest BCUT2D eigenvalue weighted by Crippen LogP contribution is -2.30. The first kappa shape index (κ1) is 13.0. The summed E-state index contributed by atoms with van der Waals surface area (Å²) in [7, 11) is 0. The van der Waals surface area contributed by atoms with E-state index in [1.54, 1.807) is 4.68 Å². The number of carbonyl (C=O) groups is 1. The Labute approximate surface area is 98.4 Å². The summed E-state index contributed by atoms with van der Waals surface area (Å²) in [5.74, 6) is -0.890. The van der Waals surface area contributed by atoms with E-state index in [2.05, 4.69) is 36.3 Å². The van der Waals surface area contributed by atoms with Gasteiger partial charge in [0.1, 0.15) is 0 Å². The Hall–Kier alpha value is -1.11. The summed E-state index contributed by atoms with van der Waals surface area (Å²) in [5.41, 5.74) is -0.148. The van der Waals surface area contributed by atoms with Crippen molar-refractivity contribution in [1.29, 1.82) is 0 Å². The molecule has 0 amide bonds. The average Bonchev–Trinajstić information content (AvgIpc) is 2.74. The van der Waals surface area contributed by atoms with Crippen LogP contribution in [0.15, 0.2) is 5.16 Å². The molecule has 7 heteroatoms. The van der Waals surface area contributed by atoms with Crippen LogP contribution in [0.2, 0.25) is 0 Å². The highest BCUT2D eigenvalue weighted by molar-refractivity contribution is 7.99. The molecule has 0 aliphatic heterocycles. The van der Waals surface area contributed by atoms with Crippen LogP contribution in [-0.2, 0) is 10.3 Å². The largest absolute Gasteiger partial charge is 0.481 e. The molecule has 90 valence electrons. The van der Waals surface area contributed by atoms with Gasteiger partial charge in [-0.05, 0) is 30.2 Å². The van der Waals surface area contributed by atoms with E-state index in [0.717, 1.165) is 24.6 Å². The Kier molecular flexibility index (Phi) is 4.28. The van der Waals surface area contributed by atoms with Gasteiger partial charge in [0.15, 0.2) is 0 Å². The zero-order valence-electron chi connectivity index (χ0n) is 9.67. The van der Waals surface area contributed by atoms with Crippen molar-refractivity contribution < 1.29 is 9.90 Å². The first-order valence-corrected chi connectivity index (χ1v) is 6.15. The minimum atomic E-state index is -0.866. The molecule has 0 saturated carbocycles. The quantitative estimate of drug-likeness (QED) is 0.761. The van der Waals surface area contributed by atoms with E-state index >= 15 is 0 Å². The lowest BCUT2D eigenvalue weighted by molar-refractivity contribution is -0.133. The fourth-order valence-electron chi connectivity index (χ4n) is 1.28. The van der Waals surface area contributed by atoms with Gasteiger partial charge in [-0.2, -0.15) is 0 Å². The molecular formula is C9H16N4O2S. The molecule has 0 spiro atoms. The van der Waals surface area contributed by atoms with Crippen LogP contribution >= 0.6 is 11.8 Å². The molecule has 0 fully saturated rings. The van der Waals surface area contributed by atoms with Crippen molar-refractivity contribution in [3.63, 3.8) is 0 Å². The van der Waals surface area contributed by atoms with Crippen LogP contribution in [-0.4, -0.2) is 37.0 Å². The van der Waals surface area contributed by atoms with Gasteiger partial charge in [0.05, 0.1) is 11.3 Å². The van der Waals surface area contributed by atoms with Gasteiger partial charge in [-0.25, -0.2) is 4.68 Å². The number of aromatic nitrogens is 4. The van der Waals surface area contributed by atoms with Crippen LogP contribution in [0.3, 0.4) is 0 Å². The summed E-state index contributed by atoms with van der Waals surface area (Å²) in [5, 5.41) is 20.6. The maximum Gasteiger partial charge on any atom is 0.313 e. The third-order valence-corrected chi connectivity index (χ3v) is 3.70. The van der Waals surface area contributed by atoms with Crippen molar-refractivity contribution in [3.8, 4) is 0 Å². The first-order chi connectivity index (χ1) is 7.53. The van der Waals surface area contributed by atoms with E-state index in [1.165, 1.54) is 0 Å². The van der Waals surface area contributed by atoms with Crippen molar-refractivity contribution in [3.05, 3.63) is 0 Å². The van der Waals surface area contributed by atoms with Gasteiger partial charge in [-0.1, -0.05) is 25.6 Å². The molecule has 1 N–H and O–H groups in total. The highest BCUT2D eigenvalue weighted by atomic mass is 32.2. The van der Waals surface area contributed by atoms with Crippen molar-refractivity contribution >= 4 is 17.7 Å². The second kappa shape index (κ2) is 5.29. The van der Waals surface area contributed by atoms with Crippen molar-refractivity contribution in [2.24, 2.45) is 0 Å². The molecule has 0 aliphatic carbocycles. The summed E-state index contributed by atoms with van der Waals surface area (Å²) in [4.78, 5) is 10.5. The second-order valence-electron chi connectivity index (χ2n) is 3.76. The number of hydrogen-bond acceptors (Lipinski definition) is 5. The Morgan fingerprint density at radius 1 is 1.50 bits per heavy atom. The summed E-state index contributed by atoms with van der Waals surface area (Å²) in [6.45, 7) is 6.20. The summed E-state index contributed by atoms with van der Waals surface area (Å²) in [6.07, 6.45) is 1.80. The van der Waals surface area contributed by atoms with Crippen LogP contribution in [0.25, 0.3) is 0 Å². The van der Waals surface area contributed by atoms with Gasteiger partial charge >= 0.3 is 5.97 Å². The predicted molar refractivity (Wildman–Crippen MR) is 60.4 cm³/mol. The molecule has 1 aromatic heterocycles. The minimum Gasteiger partial charge on any atom is -0.481 e. The van der Waals surface area contributed by atoms with Gasteiger partial charge in [-0.15, -0.1) is 5.10 Å². The molecule has 0 aliphatic rings. The smallest absolute Gasteiger partial charge is 0.313 e. The summed E-state index contributed by atoms with van der Waals surface area (Å²) in [6, 6.07) is 0. The molecule has 1 rings (SSSR count). The first-order valence-electron chi connectivity index (χ1n) is 5.17. The fraction of sp³-hybridized carbons (Fsp3) is 0.778. The molecule has 0 bridgehead atoms. The number of hydrogen-bond donors (Lipinski definition) is 1. The third-order valence-electron chi connectivity index (χ3n) is 2.80. The maximum absolute atomic E-state index is 10.5. The Morgan fingerprint density at radius 2 is 2.12 bits per heavy atom. The summed E-state index contributed by atoms with van der Waals surface area (Å²) < 4.78 is 1.72. The molecule has 6 nitrogen and oxygen atoms in total. The van der Waals surface area contributed by atoms with E-state index < -0.39 is 5.97 Å². The lowest BCUT2D eigenvalue weighted by Gasteiger charge is -2.27. The van der Waals surface area contributed by atoms with Gasteiger partial charge < -0.3 is 5.11 Å². The van der Waals surface area contributed by atoms with Crippen LogP contribution in [0, 0.1) is 0 Å². The average molecular weight is 244 g/mol. The van der Waals surface area contributed by atoms with Crippen molar-refractivity contribution in [2.75, 3.05) is 5.75 Å². The molecule has 0 unspecified atom stereocenters. The zero-order valence-corrected chi connectivity index (χ0v) is 10.5. The Balaban J connectivity index is 2.88. The number of aliphatic carboxylic acids is 1. The van der Waals surface area contributed by atoms with E-state index in [4.69, 9.17) is 5.11 Å². The predicted octanol–water partition coefficient (Wildman–Crippen LogP) is 1.39. The van der Waals surface area contributed by atoms with E-state index in [-0.39, 0.29) is 11.3 Å². The molecule has 0 radical (unpaired) electrons. The minimum absolute atomic E-state index is 0.0239. The standard InChI is InChI=1S/C9H16N4O2S/c1-4-9(3,5-2)13-8(10-11-12-13)16-6-7(14)15/h4-6H2,1-3H3,(H,14,15). The Bertz CT molecular complexity index is 362. The third kappa shape index (κ3) is 2.72. The molecule has 1 aromatic rings. The number of nitrogens with zero attached hydrogens (tertiary/aromatic N) is 4. The molecular weight excluding hydrogens is 228 g/mol. The van der Waals surface area contributed by atoms with E-state index in [9.17, 15) is 4.79 Å². The van der Waals surface area contributed by atoms with E-state index in [0.29, 0.717) is 5.16 Å². The lowest BCUT2D eigenvalue weighted by atomic mass is 9.96. The van der Waals surface area contributed by atoms with Crippen molar-refractivity contribution in [2.45, 2.75) is 44.3 Å². The highest BCUT2D eigenvalue weighted by Gasteiger charge is 2.27. The number of rotatable bonds is 6. The number of carboxylic acids is 1. The zero-order chi connectivity index (χ0) is 12.2. The normalized spacial score (nSPS) is 11.7. The van der Waals surface area contributed by atoms with E-state index in [1.807, 2.05) is 0 Å². The van der Waals surface area contributed by atoms with Gasteiger partial charge in [-0.3, -0.25) is 4.79 Å². The van der Waals surface area contributed by atoms with Gasteiger partial charge in [0.2, 0.25) is 5.16 Å². The van der Waals surface area contributed by atoms with Crippen molar-refractivity contribution in [1.82, 2.24) is 20.2 Å². The fourth-order valence-corrected chi connectivity index (χ4v) is 2.01. The van der Waals surface area contributed by atoms with Gasteiger partial charge in [0, 0.05) is 0 Å². The monoisotopic (exact) mass is 244 g/mol.